The lowest BCUT2D eigenvalue weighted by molar-refractivity contribution is 0.0955. The van der Waals surface area contributed by atoms with Gasteiger partial charge in [-0.1, -0.05) is 12.2 Å². The molecule has 0 aliphatic carbocycles. The maximum atomic E-state index is 11.1. The number of hydrogen-bond donors (Lipinski definition) is 2. The highest BCUT2D eigenvalue weighted by molar-refractivity contribution is 7.80. The zero-order valence-electron chi connectivity index (χ0n) is 6.11. The molecular formula is C6H7N3OS2. The molecule has 1 aromatic rings. The molecule has 64 valence electrons. The van der Waals surface area contributed by atoms with E-state index >= 15 is 0 Å². The lowest BCUT2D eigenvalue weighted by atomic mass is 10.4. The topological polar surface area (TPSA) is 68.0 Å². The van der Waals surface area contributed by atoms with Crippen LogP contribution in [0.4, 0.5) is 0 Å². The van der Waals surface area contributed by atoms with Crippen LogP contribution < -0.4 is 11.1 Å². The first-order chi connectivity index (χ1) is 5.70. The first-order valence-corrected chi connectivity index (χ1v) is 4.50. The fraction of sp³-hybridized carbons (Fsp3) is 0.167. The molecule has 3 N–H and O–H groups in total. The summed E-state index contributed by atoms with van der Waals surface area (Å²) < 4.78 is 0. The number of nitrogens with zero attached hydrogens (tertiary/aromatic N) is 1. The second-order valence-electron chi connectivity index (χ2n) is 2.02. The van der Waals surface area contributed by atoms with Gasteiger partial charge in [0.1, 0.15) is 5.69 Å². The van der Waals surface area contributed by atoms with Crippen molar-refractivity contribution in [1.82, 2.24) is 10.3 Å². The van der Waals surface area contributed by atoms with Gasteiger partial charge in [-0.15, -0.1) is 11.3 Å². The number of aromatic nitrogens is 1. The zero-order valence-corrected chi connectivity index (χ0v) is 7.74. The first-order valence-electron chi connectivity index (χ1n) is 3.15. The van der Waals surface area contributed by atoms with E-state index in [2.05, 4.69) is 22.5 Å². The molecule has 0 aliphatic rings. The van der Waals surface area contributed by atoms with Gasteiger partial charge in [0, 0.05) is 5.38 Å². The molecule has 0 aliphatic heterocycles. The molecule has 0 saturated carbocycles. The number of thiocarbonyl (C=S) groups is 1. The van der Waals surface area contributed by atoms with E-state index in [-0.39, 0.29) is 17.4 Å². The van der Waals surface area contributed by atoms with Crippen molar-refractivity contribution < 1.29 is 4.79 Å². The Morgan fingerprint density at radius 1 is 1.83 bits per heavy atom. The van der Waals surface area contributed by atoms with Crippen LogP contribution in [0.5, 0.6) is 0 Å². The van der Waals surface area contributed by atoms with E-state index in [1.54, 1.807) is 10.9 Å². The molecule has 0 fully saturated rings. The first kappa shape index (κ1) is 9.08. The van der Waals surface area contributed by atoms with Crippen molar-refractivity contribution in [3.05, 3.63) is 16.6 Å². The summed E-state index contributed by atoms with van der Waals surface area (Å²) in [5.41, 5.74) is 7.19. The molecule has 0 spiro atoms. The Bertz CT molecular complexity index is 283. The molecule has 0 atom stereocenters. The van der Waals surface area contributed by atoms with Gasteiger partial charge < -0.3 is 11.1 Å². The van der Waals surface area contributed by atoms with Crippen LogP contribution in [-0.2, 0) is 0 Å². The average Bonchev–Trinajstić information content (AvgIpc) is 2.51. The summed E-state index contributed by atoms with van der Waals surface area (Å²) in [5.74, 6) is -0.246. The predicted octanol–water partition coefficient (Wildman–Crippen LogP) is 0.159. The van der Waals surface area contributed by atoms with Crippen LogP contribution in [0.15, 0.2) is 10.9 Å². The Balaban J connectivity index is 2.45. The Labute approximate surface area is 78.8 Å². The van der Waals surface area contributed by atoms with Gasteiger partial charge in [-0.25, -0.2) is 4.98 Å². The van der Waals surface area contributed by atoms with Crippen LogP contribution in [0.25, 0.3) is 0 Å². The quantitative estimate of drug-likeness (QED) is 0.683. The number of nitrogens with one attached hydrogen (secondary N) is 1. The highest BCUT2D eigenvalue weighted by Gasteiger charge is 2.05. The molecule has 0 saturated heterocycles. The van der Waals surface area contributed by atoms with E-state index in [0.29, 0.717) is 5.69 Å². The van der Waals surface area contributed by atoms with Crippen LogP contribution >= 0.6 is 23.6 Å². The maximum absolute atomic E-state index is 11.1. The lowest BCUT2D eigenvalue weighted by Crippen LogP contribution is -2.32. The van der Waals surface area contributed by atoms with Crippen molar-refractivity contribution in [3.63, 3.8) is 0 Å². The molecule has 0 radical (unpaired) electrons. The minimum atomic E-state index is -0.246. The third kappa shape index (κ3) is 2.55. The largest absolute Gasteiger partial charge is 0.392 e. The van der Waals surface area contributed by atoms with E-state index in [1.807, 2.05) is 0 Å². The smallest absolute Gasteiger partial charge is 0.271 e. The van der Waals surface area contributed by atoms with Crippen LogP contribution in [-0.4, -0.2) is 22.4 Å². The number of carbonyl (C=O) groups is 1. The Hall–Kier alpha value is -1.01. The molecule has 0 aromatic carbocycles. The summed E-state index contributed by atoms with van der Waals surface area (Å²) in [6.07, 6.45) is 0. The van der Waals surface area contributed by atoms with Gasteiger partial charge in [0.2, 0.25) is 0 Å². The molecular weight excluding hydrogens is 194 g/mol. The monoisotopic (exact) mass is 201 g/mol. The summed E-state index contributed by atoms with van der Waals surface area (Å²) >= 11 is 5.95. The molecule has 12 heavy (non-hydrogen) atoms. The van der Waals surface area contributed by atoms with E-state index in [9.17, 15) is 4.79 Å². The Morgan fingerprint density at radius 3 is 3.08 bits per heavy atom. The van der Waals surface area contributed by atoms with Gasteiger partial charge >= 0.3 is 0 Å². The van der Waals surface area contributed by atoms with E-state index in [1.165, 1.54) is 11.3 Å². The van der Waals surface area contributed by atoms with Crippen molar-refractivity contribution in [2.75, 3.05) is 6.54 Å². The number of nitrogens with two attached hydrogens (primary N) is 1. The maximum Gasteiger partial charge on any atom is 0.271 e. The predicted molar refractivity (Wildman–Crippen MR) is 51.2 cm³/mol. The lowest BCUT2D eigenvalue weighted by Gasteiger charge is -1.99. The summed E-state index contributed by atoms with van der Waals surface area (Å²) in [4.78, 5) is 15.2. The molecule has 0 bridgehead atoms. The van der Waals surface area contributed by atoms with E-state index < -0.39 is 0 Å². The summed E-state index contributed by atoms with van der Waals surface area (Å²) in [6, 6.07) is 0. The fourth-order valence-corrected chi connectivity index (χ4v) is 1.19. The Morgan fingerprint density at radius 2 is 2.58 bits per heavy atom. The van der Waals surface area contributed by atoms with Crippen molar-refractivity contribution in [1.29, 1.82) is 0 Å². The second-order valence-corrected chi connectivity index (χ2v) is 3.27. The second kappa shape index (κ2) is 4.13. The highest BCUT2D eigenvalue weighted by atomic mass is 32.1. The number of amides is 1. The third-order valence-corrected chi connectivity index (χ3v) is 1.82. The molecule has 4 nitrogen and oxygen atoms in total. The molecule has 1 aromatic heterocycles. The van der Waals surface area contributed by atoms with Gasteiger partial charge in [0.25, 0.3) is 5.91 Å². The van der Waals surface area contributed by atoms with Crippen molar-refractivity contribution in [3.8, 4) is 0 Å². The van der Waals surface area contributed by atoms with Crippen LogP contribution in [0, 0.1) is 0 Å². The third-order valence-electron chi connectivity index (χ3n) is 1.09. The van der Waals surface area contributed by atoms with Gasteiger partial charge in [-0.3, -0.25) is 4.79 Å². The molecule has 0 unspecified atom stereocenters. The zero-order chi connectivity index (χ0) is 8.97. The van der Waals surface area contributed by atoms with Crippen LogP contribution in [0.2, 0.25) is 0 Å². The van der Waals surface area contributed by atoms with E-state index in [0.717, 1.165) is 0 Å². The van der Waals surface area contributed by atoms with Crippen LogP contribution in [0.3, 0.4) is 0 Å². The highest BCUT2D eigenvalue weighted by Crippen LogP contribution is 1.99. The number of rotatable bonds is 3. The molecule has 1 rings (SSSR count). The summed E-state index contributed by atoms with van der Waals surface area (Å²) in [6.45, 7) is 0.214. The van der Waals surface area contributed by atoms with Gasteiger partial charge in [0.15, 0.2) is 0 Å². The minimum absolute atomic E-state index is 0.214. The van der Waals surface area contributed by atoms with Gasteiger partial charge in [0.05, 0.1) is 17.0 Å². The standard InChI is InChI=1S/C6H7N3OS2/c7-5(11)1-8-6(10)4-2-12-3-9-4/h2-3H,1H2,(H2,7,11)(H,8,10). The SMILES string of the molecule is NC(=S)CNC(=O)c1cscn1. The van der Waals surface area contributed by atoms with Crippen molar-refractivity contribution in [2.24, 2.45) is 5.73 Å². The Kier molecular flexibility index (Phi) is 3.12. The summed E-state index contributed by atoms with van der Waals surface area (Å²) in [5, 5.41) is 4.19. The fourth-order valence-electron chi connectivity index (χ4n) is 0.583. The van der Waals surface area contributed by atoms with Gasteiger partial charge in [-0.05, 0) is 0 Å². The summed E-state index contributed by atoms with van der Waals surface area (Å²) in [7, 11) is 0. The average molecular weight is 201 g/mol. The van der Waals surface area contributed by atoms with Crippen molar-refractivity contribution in [2.45, 2.75) is 0 Å². The van der Waals surface area contributed by atoms with Crippen molar-refractivity contribution >= 4 is 34.5 Å². The molecule has 6 heteroatoms. The minimum Gasteiger partial charge on any atom is -0.392 e. The normalized spacial score (nSPS) is 9.33. The molecule has 1 amide bonds. The number of thiazole rings is 1. The van der Waals surface area contributed by atoms with Gasteiger partial charge in [-0.2, -0.15) is 0 Å². The number of carbonyl (C=O) groups excluding carboxylic acids is 1. The van der Waals surface area contributed by atoms with E-state index in [4.69, 9.17) is 5.73 Å². The number of hydrogen-bond acceptors (Lipinski definition) is 4. The molecule has 1 heterocycles. The van der Waals surface area contributed by atoms with Crippen LogP contribution in [0.1, 0.15) is 10.5 Å².